The average Bonchev–Trinajstić information content (AvgIpc) is 3.44. The SMILES string of the molecule is CN1OCC2C(OCc3ccccc3)C(OCc3ccccc3)C(OCc3ccccc3)C(OCc3ccccc3)C21. The topological polar surface area (TPSA) is 49.4 Å². The molecule has 6 atom stereocenters. The van der Waals surface area contributed by atoms with Crippen molar-refractivity contribution in [2.45, 2.75) is 56.9 Å². The molecule has 6 nitrogen and oxygen atoms in total. The minimum atomic E-state index is -0.399. The highest BCUT2D eigenvalue weighted by Crippen LogP contribution is 2.41. The van der Waals surface area contributed by atoms with Crippen LogP contribution >= 0.6 is 0 Å². The number of hydrogen-bond acceptors (Lipinski definition) is 6. The Morgan fingerprint density at radius 1 is 0.500 bits per heavy atom. The average molecular weight is 566 g/mol. The van der Waals surface area contributed by atoms with E-state index in [1.54, 1.807) is 0 Å². The molecule has 0 bridgehead atoms. The summed E-state index contributed by atoms with van der Waals surface area (Å²) in [5.41, 5.74) is 4.43. The zero-order chi connectivity index (χ0) is 28.6. The van der Waals surface area contributed by atoms with E-state index in [-0.39, 0.29) is 30.3 Å². The molecule has 6 rings (SSSR count). The van der Waals surface area contributed by atoms with Gasteiger partial charge < -0.3 is 18.9 Å². The second-order valence-electron chi connectivity index (χ2n) is 11.0. The summed E-state index contributed by atoms with van der Waals surface area (Å²) in [6.45, 7) is 2.36. The van der Waals surface area contributed by atoms with Crippen LogP contribution in [0, 0.1) is 5.92 Å². The summed E-state index contributed by atoms with van der Waals surface area (Å²) in [6.07, 6.45) is -1.34. The third-order valence-corrected chi connectivity index (χ3v) is 8.20. The van der Waals surface area contributed by atoms with Gasteiger partial charge in [-0.2, -0.15) is 5.06 Å². The van der Waals surface area contributed by atoms with Crippen LogP contribution in [0.3, 0.4) is 0 Å². The molecule has 0 spiro atoms. The Hall–Kier alpha value is -3.36. The van der Waals surface area contributed by atoms with Crippen molar-refractivity contribution in [3.05, 3.63) is 144 Å². The van der Waals surface area contributed by atoms with Gasteiger partial charge in [0.25, 0.3) is 0 Å². The lowest BCUT2D eigenvalue weighted by Crippen LogP contribution is -2.65. The summed E-state index contributed by atoms with van der Waals surface area (Å²) in [7, 11) is 1.98. The number of benzene rings is 4. The fourth-order valence-electron chi connectivity index (χ4n) is 6.07. The lowest BCUT2D eigenvalue weighted by atomic mass is 9.77. The molecule has 6 heteroatoms. The van der Waals surface area contributed by atoms with Crippen LogP contribution in [0.4, 0.5) is 0 Å². The summed E-state index contributed by atoms with van der Waals surface area (Å²) in [5.74, 6) is 0.0387. The Bertz CT molecular complexity index is 1340. The molecule has 0 N–H and O–H groups in total. The number of likely N-dealkylation sites (N-methyl/N-ethyl adjacent to an activating group) is 1. The maximum absolute atomic E-state index is 6.80. The highest BCUT2D eigenvalue weighted by Gasteiger charge is 2.57. The van der Waals surface area contributed by atoms with Gasteiger partial charge in [0.15, 0.2) is 0 Å². The van der Waals surface area contributed by atoms with Crippen LogP contribution in [0.15, 0.2) is 121 Å². The summed E-state index contributed by atoms with van der Waals surface area (Å²) in [6, 6.07) is 41.0. The highest BCUT2D eigenvalue weighted by molar-refractivity contribution is 5.17. The number of hydrogen-bond donors (Lipinski definition) is 0. The van der Waals surface area contributed by atoms with E-state index in [4.69, 9.17) is 23.8 Å². The van der Waals surface area contributed by atoms with E-state index in [1.807, 2.05) is 84.9 Å². The molecule has 1 saturated heterocycles. The summed E-state index contributed by atoms with van der Waals surface area (Å²) >= 11 is 0. The minimum Gasteiger partial charge on any atom is -0.370 e. The highest BCUT2D eigenvalue weighted by atomic mass is 16.7. The number of rotatable bonds is 12. The van der Waals surface area contributed by atoms with Crippen LogP contribution < -0.4 is 0 Å². The summed E-state index contributed by atoms with van der Waals surface area (Å²) in [4.78, 5) is 6.15. The van der Waals surface area contributed by atoms with Crippen LogP contribution in [0.5, 0.6) is 0 Å². The minimum absolute atomic E-state index is 0.0387. The molecule has 218 valence electrons. The van der Waals surface area contributed by atoms with Crippen LogP contribution in [0.2, 0.25) is 0 Å². The van der Waals surface area contributed by atoms with Gasteiger partial charge in [-0.05, 0) is 22.3 Å². The van der Waals surface area contributed by atoms with Gasteiger partial charge in [-0.15, -0.1) is 0 Å². The van der Waals surface area contributed by atoms with E-state index in [0.717, 1.165) is 22.3 Å². The standard InChI is InChI=1S/C36H39NO5/c1-37-32-31(26-42-37)33(38-22-27-14-6-2-7-15-27)35(40-24-29-18-10-4-11-19-29)36(41-25-30-20-12-5-13-21-30)34(32)39-23-28-16-8-3-9-17-28/h2-21,31-36H,22-26H2,1H3. The molecule has 4 aromatic rings. The van der Waals surface area contributed by atoms with Crippen molar-refractivity contribution in [1.29, 1.82) is 0 Å². The van der Waals surface area contributed by atoms with Crippen LogP contribution in [0.25, 0.3) is 0 Å². The first-order valence-corrected chi connectivity index (χ1v) is 14.7. The third kappa shape index (κ3) is 6.98. The Labute approximate surface area is 248 Å². The van der Waals surface area contributed by atoms with E-state index >= 15 is 0 Å². The first kappa shape index (κ1) is 28.7. The third-order valence-electron chi connectivity index (χ3n) is 8.20. The molecule has 2 fully saturated rings. The van der Waals surface area contributed by atoms with E-state index in [9.17, 15) is 0 Å². The van der Waals surface area contributed by atoms with Gasteiger partial charge in [0, 0.05) is 13.0 Å². The molecule has 0 aromatic heterocycles. The Morgan fingerprint density at radius 2 is 0.833 bits per heavy atom. The molecule has 1 saturated carbocycles. The number of ether oxygens (including phenoxy) is 4. The molecular weight excluding hydrogens is 526 g/mol. The van der Waals surface area contributed by atoms with Crippen molar-refractivity contribution >= 4 is 0 Å². The molecule has 1 aliphatic carbocycles. The number of fused-ring (bicyclic) bond motifs is 1. The van der Waals surface area contributed by atoms with E-state index < -0.39 is 6.10 Å². The van der Waals surface area contributed by atoms with E-state index in [0.29, 0.717) is 33.0 Å². The van der Waals surface area contributed by atoms with Gasteiger partial charge in [0.1, 0.15) is 18.3 Å². The molecule has 42 heavy (non-hydrogen) atoms. The van der Waals surface area contributed by atoms with Crippen molar-refractivity contribution in [3.8, 4) is 0 Å². The van der Waals surface area contributed by atoms with Gasteiger partial charge in [-0.3, -0.25) is 4.84 Å². The second kappa shape index (κ2) is 14.2. The van der Waals surface area contributed by atoms with E-state index in [1.165, 1.54) is 0 Å². The van der Waals surface area contributed by atoms with Crippen LogP contribution in [0.1, 0.15) is 22.3 Å². The zero-order valence-corrected chi connectivity index (χ0v) is 24.0. The first-order valence-electron chi connectivity index (χ1n) is 14.7. The first-order chi connectivity index (χ1) is 20.8. The normalized spacial score (nSPS) is 25.7. The lowest BCUT2D eigenvalue weighted by molar-refractivity contribution is -0.247. The predicted octanol–water partition coefficient (Wildman–Crippen LogP) is 6.20. The zero-order valence-electron chi connectivity index (χ0n) is 24.0. The molecule has 1 heterocycles. The number of nitrogens with zero attached hydrogens (tertiary/aromatic N) is 1. The van der Waals surface area contributed by atoms with Crippen LogP contribution in [-0.2, 0) is 50.2 Å². The Kier molecular flexibility index (Phi) is 9.72. The molecule has 6 unspecified atom stereocenters. The molecule has 0 radical (unpaired) electrons. The summed E-state index contributed by atoms with van der Waals surface area (Å²) < 4.78 is 27.1. The van der Waals surface area contributed by atoms with Gasteiger partial charge in [0.05, 0.1) is 45.2 Å². The maximum Gasteiger partial charge on any atom is 0.114 e. The lowest BCUT2D eigenvalue weighted by Gasteiger charge is -2.48. The fraction of sp³-hybridized carbons (Fsp3) is 0.333. The smallest absolute Gasteiger partial charge is 0.114 e. The van der Waals surface area contributed by atoms with Gasteiger partial charge in [0.2, 0.25) is 0 Å². The Morgan fingerprint density at radius 3 is 1.24 bits per heavy atom. The van der Waals surface area contributed by atoms with Gasteiger partial charge >= 0.3 is 0 Å². The quantitative estimate of drug-likeness (QED) is 0.204. The van der Waals surface area contributed by atoms with Crippen molar-refractivity contribution in [3.63, 3.8) is 0 Å². The Balaban J connectivity index is 1.32. The van der Waals surface area contributed by atoms with Crippen molar-refractivity contribution in [2.24, 2.45) is 5.92 Å². The monoisotopic (exact) mass is 565 g/mol. The molecule has 1 aliphatic heterocycles. The van der Waals surface area contributed by atoms with Gasteiger partial charge in [-0.25, -0.2) is 0 Å². The second-order valence-corrected chi connectivity index (χ2v) is 11.0. The molecule has 0 amide bonds. The van der Waals surface area contributed by atoms with E-state index in [2.05, 4.69) is 48.5 Å². The van der Waals surface area contributed by atoms with Crippen LogP contribution in [-0.4, -0.2) is 49.2 Å². The van der Waals surface area contributed by atoms with Gasteiger partial charge in [-0.1, -0.05) is 121 Å². The van der Waals surface area contributed by atoms with Crippen molar-refractivity contribution < 1.29 is 23.8 Å². The predicted molar refractivity (Wildman–Crippen MR) is 161 cm³/mol. The summed E-state index contributed by atoms with van der Waals surface area (Å²) in [5, 5.41) is 1.94. The largest absolute Gasteiger partial charge is 0.370 e. The molecule has 2 aliphatic rings. The molecule has 4 aromatic carbocycles. The number of hydroxylamine groups is 2. The van der Waals surface area contributed by atoms with Crippen molar-refractivity contribution in [2.75, 3.05) is 13.7 Å². The molecular formula is C36H39NO5. The van der Waals surface area contributed by atoms with Crippen molar-refractivity contribution in [1.82, 2.24) is 5.06 Å². The fourth-order valence-corrected chi connectivity index (χ4v) is 6.07. The maximum atomic E-state index is 6.80.